The van der Waals surface area contributed by atoms with Crippen molar-refractivity contribution < 1.29 is 24.0 Å². The lowest BCUT2D eigenvalue weighted by atomic mass is 10.1. The summed E-state index contributed by atoms with van der Waals surface area (Å²) >= 11 is 1.25. The number of ether oxygens (including phenoxy) is 1. The second-order valence-electron chi connectivity index (χ2n) is 7.78. The molecule has 11 heteroatoms. The van der Waals surface area contributed by atoms with E-state index in [1.54, 1.807) is 0 Å². The molecule has 4 rings (SSSR count). The van der Waals surface area contributed by atoms with Gasteiger partial charge in [-0.25, -0.2) is 4.98 Å². The number of fused-ring (bicyclic) bond motifs is 1. The van der Waals surface area contributed by atoms with Crippen molar-refractivity contribution in [1.82, 2.24) is 9.88 Å². The van der Waals surface area contributed by atoms with Crippen molar-refractivity contribution in [1.29, 1.82) is 0 Å². The molecule has 0 radical (unpaired) electrons. The monoisotopic (exact) mass is 494 g/mol. The van der Waals surface area contributed by atoms with Gasteiger partial charge in [0.15, 0.2) is 5.13 Å². The SMILES string of the molecule is CCCCOc1ccc(-c2csc(NC(=O)CCN3C(=O)c4cccc([N+](=O)[O-])c4C3=O)n2)cc1. The first-order chi connectivity index (χ1) is 16.9. The second kappa shape index (κ2) is 10.4. The van der Waals surface area contributed by atoms with E-state index >= 15 is 0 Å². The van der Waals surface area contributed by atoms with Gasteiger partial charge < -0.3 is 10.1 Å². The van der Waals surface area contributed by atoms with E-state index in [2.05, 4.69) is 17.2 Å². The number of hydrogen-bond donors (Lipinski definition) is 1. The molecule has 3 aromatic rings. The Labute approximate surface area is 204 Å². The molecule has 0 aliphatic carbocycles. The fourth-order valence-corrected chi connectivity index (χ4v) is 4.32. The number of imide groups is 1. The van der Waals surface area contributed by atoms with Crippen LogP contribution >= 0.6 is 11.3 Å². The van der Waals surface area contributed by atoms with E-state index in [-0.39, 0.29) is 24.1 Å². The van der Waals surface area contributed by atoms with Crippen molar-refractivity contribution in [3.8, 4) is 17.0 Å². The molecule has 0 spiro atoms. The van der Waals surface area contributed by atoms with E-state index in [0.29, 0.717) is 17.4 Å². The summed E-state index contributed by atoms with van der Waals surface area (Å²) in [6.07, 6.45) is 1.88. The van der Waals surface area contributed by atoms with Crippen LogP contribution in [0.25, 0.3) is 11.3 Å². The predicted octanol–water partition coefficient (Wildman–Crippen LogP) is 4.52. The van der Waals surface area contributed by atoms with E-state index < -0.39 is 28.3 Å². The number of nitrogens with zero attached hydrogens (tertiary/aromatic N) is 3. The molecule has 35 heavy (non-hydrogen) atoms. The third kappa shape index (κ3) is 5.19. The van der Waals surface area contributed by atoms with Gasteiger partial charge >= 0.3 is 0 Å². The Morgan fingerprint density at radius 1 is 1.17 bits per heavy atom. The van der Waals surface area contributed by atoms with E-state index in [1.807, 2.05) is 29.6 Å². The molecule has 0 saturated heterocycles. The van der Waals surface area contributed by atoms with Crippen LogP contribution in [0.2, 0.25) is 0 Å². The molecule has 0 unspecified atom stereocenters. The number of nitro groups is 1. The third-order valence-corrected chi connectivity index (χ3v) is 6.16. The number of benzene rings is 2. The number of nitro benzene ring substituents is 1. The van der Waals surface area contributed by atoms with Gasteiger partial charge in [-0.05, 0) is 36.8 Å². The maximum atomic E-state index is 12.6. The second-order valence-corrected chi connectivity index (χ2v) is 8.64. The summed E-state index contributed by atoms with van der Waals surface area (Å²) < 4.78 is 5.66. The summed E-state index contributed by atoms with van der Waals surface area (Å²) in [5, 5.41) is 16.1. The maximum absolute atomic E-state index is 12.6. The van der Waals surface area contributed by atoms with Gasteiger partial charge in [-0.3, -0.25) is 29.4 Å². The number of rotatable bonds is 10. The molecule has 0 atom stereocenters. The highest BCUT2D eigenvalue weighted by molar-refractivity contribution is 7.14. The molecule has 1 aliphatic rings. The first-order valence-corrected chi connectivity index (χ1v) is 11.9. The van der Waals surface area contributed by atoms with Crippen LogP contribution in [0.4, 0.5) is 10.8 Å². The van der Waals surface area contributed by atoms with Crippen molar-refractivity contribution in [3.63, 3.8) is 0 Å². The zero-order chi connectivity index (χ0) is 24.9. The Morgan fingerprint density at radius 2 is 1.94 bits per heavy atom. The van der Waals surface area contributed by atoms with Crippen LogP contribution in [0.1, 0.15) is 46.9 Å². The number of aromatic nitrogens is 1. The normalized spacial score (nSPS) is 12.5. The Bertz CT molecular complexity index is 1290. The van der Waals surface area contributed by atoms with Crippen molar-refractivity contribution in [3.05, 3.63) is 69.1 Å². The largest absolute Gasteiger partial charge is 0.494 e. The van der Waals surface area contributed by atoms with E-state index in [0.717, 1.165) is 29.1 Å². The fraction of sp³-hybridized carbons (Fsp3) is 0.250. The molecule has 0 fully saturated rings. The Kier molecular flexibility index (Phi) is 7.16. The smallest absolute Gasteiger partial charge is 0.282 e. The third-order valence-electron chi connectivity index (χ3n) is 5.40. The first-order valence-electron chi connectivity index (χ1n) is 11.0. The van der Waals surface area contributed by atoms with Crippen LogP contribution < -0.4 is 10.1 Å². The summed E-state index contributed by atoms with van der Waals surface area (Å²) in [6, 6.07) is 11.4. The topological polar surface area (TPSA) is 132 Å². The first kappa shape index (κ1) is 24.0. The van der Waals surface area contributed by atoms with E-state index in [4.69, 9.17) is 4.74 Å². The molecule has 1 aliphatic heterocycles. The van der Waals surface area contributed by atoms with Crippen LogP contribution in [-0.4, -0.2) is 45.7 Å². The maximum Gasteiger partial charge on any atom is 0.282 e. The van der Waals surface area contributed by atoms with Gasteiger partial charge in [0.2, 0.25) is 5.91 Å². The van der Waals surface area contributed by atoms with Gasteiger partial charge in [0.1, 0.15) is 11.3 Å². The van der Waals surface area contributed by atoms with Crippen LogP contribution in [0.3, 0.4) is 0 Å². The van der Waals surface area contributed by atoms with Crippen molar-refractivity contribution >= 4 is 39.9 Å². The van der Waals surface area contributed by atoms with Crippen LogP contribution in [0.5, 0.6) is 5.75 Å². The molecule has 2 aromatic carbocycles. The standard InChI is InChI=1S/C24H22N4O6S/c1-2-3-13-34-16-9-7-15(8-10-16)18-14-35-24(25-18)26-20(29)11-12-27-22(30)17-5-4-6-19(28(32)33)21(17)23(27)31/h4-10,14H,2-3,11-13H2,1H3,(H,25,26,29). The molecule has 0 saturated carbocycles. The molecule has 1 aromatic heterocycles. The molecular weight excluding hydrogens is 472 g/mol. The average molecular weight is 495 g/mol. The average Bonchev–Trinajstić information content (AvgIpc) is 3.41. The van der Waals surface area contributed by atoms with Gasteiger partial charge in [-0.15, -0.1) is 11.3 Å². The molecule has 10 nitrogen and oxygen atoms in total. The lowest BCUT2D eigenvalue weighted by Gasteiger charge is -2.12. The number of nitrogens with one attached hydrogen (secondary N) is 1. The molecule has 2 heterocycles. The summed E-state index contributed by atoms with van der Waals surface area (Å²) in [7, 11) is 0. The minimum absolute atomic E-state index is 0.0315. The number of hydrogen-bond acceptors (Lipinski definition) is 8. The number of amides is 3. The van der Waals surface area contributed by atoms with Gasteiger partial charge in [-0.1, -0.05) is 19.4 Å². The fourth-order valence-electron chi connectivity index (χ4n) is 3.59. The molecule has 0 bridgehead atoms. The summed E-state index contributed by atoms with van der Waals surface area (Å²) in [4.78, 5) is 53.4. The number of carbonyl (C=O) groups is 3. The highest BCUT2D eigenvalue weighted by Gasteiger charge is 2.40. The summed E-state index contributed by atoms with van der Waals surface area (Å²) in [5.74, 6) is -1.08. The van der Waals surface area contributed by atoms with Gasteiger partial charge in [0.25, 0.3) is 17.5 Å². The molecule has 1 N–H and O–H groups in total. The lowest BCUT2D eigenvalue weighted by Crippen LogP contribution is -2.33. The van der Waals surface area contributed by atoms with Gasteiger partial charge in [0, 0.05) is 30.0 Å². The van der Waals surface area contributed by atoms with Crippen LogP contribution in [-0.2, 0) is 4.79 Å². The zero-order valence-corrected chi connectivity index (χ0v) is 19.7. The minimum atomic E-state index is -0.774. The molecular formula is C24H22N4O6S. The lowest BCUT2D eigenvalue weighted by molar-refractivity contribution is -0.385. The summed E-state index contributed by atoms with van der Waals surface area (Å²) in [5.41, 5.74) is 0.865. The number of unbranched alkanes of at least 4 members (excludes halogenated alkanes) is 1. The highest BCUT2D eigenvalue weighted by Crippen LogP contribution is 2.31. The number of carbonyl (C=O) groups excluding carboxylic acids is 3. The number of thiazole rings is 1. The van der Waals surface area contributed by atoms with Crippen molar-refractivity contribution in [2.24, 2.45) is 0 Å². The van der Waals surface area contributed by atoms with Crippen molar-refractivity contribution in [2.75, 3.05) is 18.5 Å². The highest BCUT2D eigenvalue weighted by atomic mass is 32.1. The van der Waals surface area contributed by atoms with Crippen LogP contribution in [0, 0.1) is 10.1 Å². The van der Waals surface area contributed by atoms with Gasteiger partial charge in [0.05, 0.1) is 22.8 Å². The Morgan fingerprint density at radius 3 is 2.66 bits per heavy atom. The van der Waals surface area contributed by atoms with E-state index in [1.165, 1.54) is 29.5 Å². The Balaban J connectivity index is 1.34. The van der Waals surface area contributed by atoms with Crippen molar-refractivity contribution in [2.45, 2.75) is 26.2 Å². The zero-order valence-electron chi connectivity index (χ0n) is 18.9. The minimum Gasteiger partial charge on any atom is -0.494 e. The molecule has 180 valence electrons. The van der Waals surface area contributed by atoms with Crippen LogP contribution in [0.15, 0.2) is 47.8 Å². The van der Waals surface area contributed by atoms with E-state index in [9.17, 15) is 24.5 Å². The summed E-state index contributed by atoms with van der Waals surface area (Å²) in [6.45, 7) is 2.57. The Hall–Kier alpha value is -4.12. The van der Waals surface area contributed by atoms with Gasteiger partial charge in [-0.2, -0.15) is 0 Å². The predicted molar refractivity (Wildman–Crippen MR) is 130 cm³/mol. The molecule has 3 amide bonds. The quantitative estimate of drug-likeness (QED) is 0.190. The number of anilines is 1.